The van der Waals surface area contributed by atoms with Crippen LogP contribution in [0.1, 0.15) is 18.9 Å². The fraction of sp³-hybridized carbons (Fsp3) is 0.500. The van der Waals surface area contributed by atoms with E-state index in [1.54, 1.807) is 0 Å². The maximum Gasteiger partial charge on any atom is 0.305 e. The smallest absolute Gasteiger partial charge is 0.305 e. The van der Waals surface area contributed by atoms with Gasteiger partial charge < -0.3 is 15.3 Å². The van der Waals surface area contributed by atoms with Crippen LogP contribution in [0.2, 0.25) is 0 Å². The summed E-state index contributed by atoms with van der Waals surface area (Å²) in [6, 6.07) is 8.48. The van der Waals surface area contributed by atoms with Gasteiger partial charge in [0.15, 0.2) is 0 Å². The second-order valence-electron chi connectivity index (χ2n) is 4.67. The third-order valence-electron chi connectivity index (χ3n) is 3.44. The molecule has 4 heteroatoms. The van der Waals surface area contributed by atoms with Crippen molar-refractivity contribution in [1.82, 2.24) is 5.32 Å². The van der Waals surface area contributed by atoms with Crippen molar-refractivity contribution in [3.05, 3.63) is 29.8 Å². The molecule has 1 atom stereocenters. The first kappa shape index (κ1) is 12.9. The van der Waals surface area contributed by atoms with Gasteiger partial charge in [0, 0.05) is 25.3 Å². The van der Waals surface area contributed by atoms with E-state index in [9.17, 15) is 4.79 Å². The van der Waals surface area contributed by atoms with Crippen molar-refractivity contribution < 1.29 is 9.90 Å². The molecule has 0 aliphatic carbocycles. The first-order valence-electron chi connectivity index (χ1n) is 6.48. The number of nitrogens with one attached hydrogen (secondary N) is 1. The van der Waals surface area contributed by atoms with Crippen molar-refractivity contribution in [2.45, 2.75) is 25.8 Å². The average Bonchev–Trinajstić information content (AvgIpc) is 2.39. The maximum absolute atomic E-state index is 10.9. The topological polar surface area (TPSA) is 52.6 Å². The van der Waals surface area contributed by atoms with Crippen LogP contribution in [0.4, 0.5) is 5.69 Å². The van der Waals surface area contributed by atoms with Crippen LogP contribution in [-0.4, -0.2) is 36.8 Å². The van der Waals surface area contributed by atoms with Gasteiger partial charge in [-0.2, -0.15) is 0 Å². The molecule has 18 heavy (non-hydrogen) atoms. The number of aliphatic carboxylic acids is 1. The zero-order valence-electron chi connectivity index (χ0n) is 10.7. The Balaban J connectivity index is 2.13. The lowest BCUT2D eigenvalue weighted by molar-refractivity contribution is -0.137. The van der Waals surface area contributed by atoms with Gasteiger partial charge >= 0.3 is 5.97 Å². The predicted octanol–water partition coefficient (Wildman–Crippen LogP) is 1.50. The molecule has 0 bridgehead atoms. The molecule has 1 unspecified atom stereocenters. The summed E-state index contributed by atoms with van der Waals surface area (Å²) in [5.74, 6) is -0.737. The summed E-state index contributed by atoms with van der Waals surface area (Å²) in [4.78, 5) is 13.1. The van der Waals surface area contributed by atoms with E-state index in [0.29, 0.717) is 0 Å². The molecule has 1 aliphatic rings. The van der Waals surface area contributed by atoms with Crippen LogP contribution in [0.5, 0.6) is 0 Å². The molecule has 98 valence electrons. The zero-order valence-corrected chi connectivity index (χ0v) is 10.7. The van der Waals surface area contributed by atoms with Crippen LogP contribution in [0.25, 0.3) is 0 Å². The Labute approximate surface area is 108 Å². The molecular weight excluding hydrogens is 228 g/mol. The number of anilines is 1. The lowest BCUT2D eigenvalue weighted by Crippen LogP contribution is -2.52. The fourth-order valence-electron chi connectivity index (χ4n) is 2.41. The van der Waals surface area contributed by atoms with Gasteiger partial charge in [-0.15, -0.1) is 0 Å². The monoisotopic (exact) mass is 248 g/mol. The van der Waals surface area contributed by atoms with E-state index in [-0.39, 0.29) is 12.5 Å². The Bertz CT molecular complexity index is 403. The van der Waals surface area contributed by atoms with E-state index in [4.69, 9.17) is 5.11 Å². The van der Waals surface area contributed by atoms with Crippen molar-refractivity contribution in [3.8, 4) is 0 Å². The minimum atomic E-state index is -0.737. The van der Waals surface area contributed by atoms with Crippen molar-refractivity contribution in [3.63, 3.8) is 0 Å². The second-order valence-corrected chi connectivity index (χ2v) is 4.67. The molecule has 1 heterocycles. The SMILES string of the molecule is CCc1ccc(N2CCNCC2CC(=O)O)cc1. The third kappa shape index (κ3) is 3.01. The highest BCUT2D eigenvalue weighted by Gasteiger charge is 2.24. The number of hydrogen-bond donors (Lipinski definition) is 2. The highest BCUT2D eigenvalue weighted by Crippen LogP contribution is 2.20. The molecule has 1 fully saturated rings. The van der Waals surface area contributed by atoms with Crippen LogP contribution < -0.4 is 10.2 Å². The van der Waals surface area contributed by atoms with Gasteiger partial charge in [-0.05, 0) is 24.1 Å². The lowest BCUT2D eigenvalue weighted by Gasteiger charge is -2.37. The molecule has 2 N–H and O–H groups in total. The summed E-state index contributed by atoms with van der Waals surface area (Å²) in [6.45, 7) is 4.64. The Morgan fingerprint density at radius 3 is 2.78 bits per heavy atom. The largest absolute Gasteiger partial charge is 0.481 e. The molecule has 0 spiro atoms. The molecule has 1 aromatic carbocycles. The van der Waals surface area contributed by atoms with Gasteiger partial charge in [0.25, 0.3) is 0 Å². The van der Waals surface area contributed by atoms with Crippen LogP contribution in [0.3, 0.4) is 0 Å². The molecule has 1 aromatic rings. The number of benzene rings is 1. The second kappa shape index (κ2) is 5.87. The summed E-state index contributed by atoms with van der Waals surface area (Å²) >= 11 is 0. The van der Waals surface area contributed by atoms with E-state index in [2.05, 4.69) is 41.4 Å². The molecule has 4 nitrogen and oxygen atoms in total. The standard InChI is InChI=1S/C14H20N2O2/c1-2-11-3-5-12(6-4-11)16-8-7-15-10-13(16)9-14(17)18/h3-6,13,15H,2,7-10H2,1H3,(H,17,18). The molecule has 1 saturated heterocycles. The van der Waals surface area contributed by atoms with E-state index >= 15 is 0 Å². The van der Waals surface area contributed by atoms with Gasteiger partial charge in [-0.25, -0.2) is 0 Å². The highest BCUT2D eigenvalue weighted by molar-refractivity contribution is 5.68. The number of carboxylic acids is 1. The Kier molecular flexibility index (Phi) is 4.20. The normalized spacial score (nSPS) is 19.8. The van der Waals surface area contributed by atoms with Crippen molar-refractivity contribution >= 4 is 11.7 Å². The van der Waals surface area contributed by atoms with Gasteiger partial charge in [-0.3, -0.25) is 4.79 Å². The van der Waals surface area contributed by atoms with Crippen LogP contribution in [0.15, 0.2) is 24.3 Å². The Morgan fingerprint density at radius 2 is 2.17 bits per heavy atom. The summed E-state index contributed by atoms with van der Waals surface area (Å²) < 4.78 is 0. The zero-order chi connectivity index (χ0) is 13.0. The van der Waals surface area contributed by atoms with Crippen molar-refractivity contribution in [2.75, 3.05) is 24.5 Å². The molecule has 0 aromatic heterocycles. The maximum atomic E-state index is 10.9. The molecule has 2 rings (SSSR count). The third-order valence-corrected chi connectivity index (χ3v) is 3.44. The highest BCUT2D eigenvalue weighted by atomic mass is 16.4. The van der Waals surface area contributed by atoms with Gasteiger partial charge in [0.2, 0.25) is 0 Å². The average molecular weight is 248 g/mol. The number of nitrogens with zero attached hydrogens (tertiary/aromatic N) is 1. The lowest BCUT2D eigenvalue weighted by atomic mass is 10.1. The molecule has 0 saturated carbocycles. The first-order chi connectivity index (χ1) is 8.70. The summed E-state index contributed by atoms with van der Waals surface area (Å²) in [6.07, 6.45) is 1.21. The van der Waals surface area contributed by atoms with E-state index in [1.165, 1.54) is 5.56 Å². The first-order valence-corrected chi connectivity index (χ1v) is 6.48. The molecule has 0 amide bonds. The van der Waals surface area contributed by atoms with Crippen molar-refractivity contribution in [1.29, 1.82) is 0 Å². The van der Waals surface area contributed by atoms with Gasteiger partial charge in [0.1, 0.15) is 0 Å². The summed E-state index contributed by atoms with van der Waals surface area (Å²) in [5, 5.41) is 12.2. The van der Waals surface area contributed by atoms with Crippen LogP contribution in [-0.2, 0) is 11.2 Å². The summed E-state index contributed by atoms with van der Waals surface area (Å²) in [7, 11) is 0. The van der Waals surface area contributed by atoms with E-state index in [1.807, 2.05) is 0 Å². The number of piperazine rings is 1. The molecular formula is C14H20N2O2. The number of hydrogen-bond acceptors (Lipinski definition) is 3. The minimum absolute atomic E-state index is 0.0451. The molecule has 1 aliphatic heterocycles. The Morgan fingerprint density at radius 1 is 1.44 bits per heavy atom. The van der Waals surface area contributed by atoms with E-state index in [0.717, 1.165) is 31.7 Å². The number of rotatable bonds is 4. The summed E-state index contributed by atoms with van der Waals surface area (Å²) in [5.41, 5.74) is 2.43. The number of aryl methyl sites for hydroxylation is 1. The van der Waals surface area contributed by atoms with Gasteiger partial charge in [0.05, 0.1) is 12.5 Å². The van der Waals surface area contributed by atoms with Crippen LogP contribution >= 0.6 is 0 Å². The number of carbonyl (C=O) groups is 1. The van der Waals surface area contributed by atoms with Crippen molar-refractivity contribution in [2.24, 2.45) is 0 Å². The van der Waals surface area contributed by atoms with E-state index < -0.39 is 5.97 Å². The predicted molar refractivity (Wildman–Crippen MR) is 72.1 cm³/mol. The quantitative estimate of drug-likeness (QED) is 0.848. The Hall–Kier alpha value is -1.55. The minimum Gasteiger partial charge on any atom is -0.481 e. The number of carboxylic acid groups (broad SMARTS) is 1. The van der Waals surface area contributed by atoms with Gasteiger partial charge in [-0.1, -0.05) is 19.1 Å². The van der Waals surface area contributed by atoms with Crippen LogP contribution in [0, 0.1) is 0 Å². The molecule has 0 radical (unpaired) electrons. The fourth-order valence-corrected chi connectivity index (χ4v) is 2.41.